The third-order valence-corrected chi connectivity index (χ3v) is 4.53. The average molecular weight is 357 g/mol. The van der Waals surface area contributed by atoms with Crippen molar-refractivity contribution in [2.75, 3.05) is 55.8 Å². The topological polar surface area (TPSA) is 83.8 Å². The first-order valence-electron chi connectivity index (χ1n) is 8.94. The van der Waals surface area contributed by atoms with E-state index in [-0.39, 0.29) is 11.9 Å². The van der Waals surface area contributed by atoms with Gasteiger partial charge in [0.1, 0.15) is 5.75 Å². The highest BCUT2D eigenvalue weighted by Gasteiger charge is 2.23. The van der Waals surface area contributed by atoms with Crippen LogP contribution in [0.15, 0.2) is 24.3 Å². The van der Waals surface area contributed by atoms with Crippen molar-refractivity contribution in [3.63, 3.8) is 0 Å². The van der Waals surface area contributed by atoms with Crippen LogP contribution >= 0.6 is 0 Å². The molecule has 2 saturated heterocycles. The summed E-state index contributed by atoms with van der Waals surface area (Å²) in [5.41, 5.74) is 0.768. The molecule has 0 spiro atoms. The van der Waals surface area contributed by atoms with Crippen LogP contribution in [-0.2, 0) is 9.47 Å². The molecule has 0 radical (unpaired) electrons. The van der Waals surface area contributed by atoms with E-state index in [1.807, 2.05) is 13.0 Å². The molecule has 0 saturated carbocycles. The largest absolute Gasteiger partial charge is 0.508 e. The van der Waals surface area contributed by atoms with Crippen LogP contribution in [0.2, 0.25) is 0 Å². The Balaban J connectivity index is 1.73. The zero-order chi connectivity index (χ0) is 17.9. The van der Waals surface area contributed by atoms with E-state index in [0.717, 1.165) is 31.7 Å². The van der Waals surface area contributed by atoms with E-state index in [1.165, 1.54) is 0 Å². The molecule has 2 aliphatic rings. The quantitative estimate of drug-likeness (QED) is 0.880. The Kier molecular flexibility index (Phi) is 4.85. The summed E-state index contributed by atoms with van der Waals surface area (Å²) in [6.07, 6.45) is 0.136. The van der Waals surface area contributed by atoms with Gasteiger partial charge in [-0.3, -0.25) is 0 Å². The lowest BCUT2D eigenvalue weighted by atomic mass is 10.2. The van der Waals surface area contributed by atoms with Gasteiger partial charge in [0.2, 0.25) is 11.9 Å². The Bertz CT molecular complexity index is 766. The fraction of sp³-hybridized carbons (Fsp3) is 0.500. The van der Waals surface area contributed by atoms with Gasteiger partial charge in [0.05, 0.1) is 25.9 Å². The van der Waals surface area contributed by atoms with Gasteiger partial charge >= 0.3 is 0 Å². The normalized spacial score (nSPS) is 21.0. The van der Waals surface area contributed by atoms with Gasteiger partial charge in [-0.15, -0.1) is 0 Å². The highest BCUT2D eigenvalue weighted by Crippen LogP contribution is 2.25. The number of rotatable bonds is 3. The van der Waals surface area contributed by atoms with Crippen LogP contribution in [0.25, 0.3) is 11.4 Å². The maximum atomic E-state index is 9.82. The van der Waals surface area contributed by atoms with Crippen LogP contribution in [0, 0.1) is 0 Å². The molecule has 4 rings (SSSR count). The minimum absolute atomic E-state index is 0.136. The summed E-state index contributed by atoms with van der Waals surface area (Å²) < 4.78 is 11.1. The summed E-state index contributed by atoms with van der Waals surface area (Å²) >= 11 is 0. The minimum atomic E-state index is 0.136. The van der Waals surface area contributed by atoms with Crippen molar-refractivity contribution in [3.8, 4) is 17.1 Å². The number of ether oxygens (including phenoxy) is 2. The fourth-order valence-corrected chi connectivity index (χ4v) is 3.17. The highest BCUT2D eigenvalue weighted by molar-refractivity contribution is 5.60. The summed E-state index contributed by atoms with van der Waals surface area (Å²) in [5, 5.41) is 9.82. The van der Waals surface area contributed by atoms with Gasteiger partial charge in [-0.05, 0) is 19.1 Å². The molecule has 1 atom stereocenters. The minimum Gasteiger partial charge on any atom is -0.508 e. The standard InChI is InChI=1S/C18H23N5O3/c1-13-12-23(7-10-26-13)18-20-16(14-3-2-4-15(24)11-14)19-17(21-18)22-5-8-25-9-6-22/h2-4,11,13,24H,5-10,12H2,1H3. The Morgan fingerprint density at radius 1 is 1.00 bits per heavy atom. The number of nitrogens with zero attached hydrogens (tertiary/aromatic N) is 5. The number of hydrogen-bond donors (Lipinski definition) is 1. The number of benzene rings is 1. The van der Waals surface area contributed by atoms with Gasteiger partial charge in [0.15, 0.2) is 5.82 Å². The lowest BCUT2D eigenvalue weighted by Gasteiger charge is -2.32. The smallest absolute Gasteiger partial charge is 0.230 e. The lowest BCUT2D eigenvalue weighted by Crippen LogP contribution is -2.43. The van der Waals surface area contributed by atoms with Gasteiger partial charge < -0.3 is 24.4 Å². The van der Waals surface area contributed by atoms with Gasteiger partial charge in [0.25, 0.3) is 0 Å². The first kappa shape index (κ1) is 17.0. The Morgan fingerprint density at radius 2 is 1.73 bits per heavy atom. The van der Waals surface area contributed by atoms with Crippen molar-refractivity contribution >= 4 is 11.9 Å². The molecular weight excluding hydrogens is 334 g/mol. The Morgan fingerprint density at radius 3 is 2.46 bits per heavy atom. The fourth-order valence-electron chi connectivity index (χ4n) is 3.17. The van der Waals surface area contributed by atoms with Crippen molar-refractivity contribution in [2.45, 2.75) is 13.0 Å². The molecule has 0 aliphatic carbocycles. The summed E-state index contributed by atoms with van der Waals surface area (Å²) in [6, 6.07) is 6.99. The molecule has 8 heteroatoms. The molecule has 1 N–H and O–H groups in total. The Labute approximate surface area is 152 Å². The first-order chi connectivity index (χ1) is 12.7. The van der Waals surface area contributed by atoms with Crippen molar-refractivity contribution in [1.29, 1.82) is 0 Å². The van der Waals surface area contributed by atoms with Crippen LogP contribution < -0.4 is 9.80 Å². The maximum Gasteiger partial charge on any atom is 0.230 e. The number of morpholine rings is 2. The molecule has 0 bridgehead atoms. The molecule has 0 amide bonds. The molecule has 1 aromatic heterocycles. The number of phenols is 1. The predicted molar refractivity (Wildman–Crippen MR) is 97.6 cm³/mol. The van der Waals surface area contributed by atoms with Crippen LogP contribution in [0.3, 0.4) is 0 Å². The number of hydrogen-bond acceptors (Lipinski definition) is 8. The second kappa shape index (κ2) is 7.43. The van der Waals surface area contributed by atoms with Crippen LogP contribution in [-0.4, -0.2) is 72.2 Å². The second-order valence-electron chi connectivity index (χ2n) is 6.54. The van der Waals surface area contributed by atoms with Crippen LogP contribution in [0.4, 0.5) is 11.9 Å². The third-order valence-electron chi connectivity index (χ3n) is 4.53. The van der Waals surface area contributed by atoms with Gasteiger partial charge in [-0.1, -0.05) is 12.1 Å². The summed E-state index contributed by atoms with van der Waals surface area (Å²) in [5.74, 6) is 2.05. The number of anilines is 2. The van der Waals surface area contributed by atoms with E-state index in [2.05, 4.69) is 19.8 Å². The number of aromatic nitrogens is 3. The van der Waals surface area contributed by atoms with Gasteiger partial charge in [-0.25, -0.2) is 0 Å². The van der Waals surface area contributed by atoms with Gasteiger partial charge in [-0.2, -0.15) is 15.0 Å². The molecule has 3 heterocycles. The van der Waals surface area contributed by atoms with E-state index in [1.54, 1.807) is 18.2 Å². The molecule has 138 valence electrons. The average Bonchev–Trinajstić information content (AvgIpc) is 2.68. The first-order valence-corrected chi connectivity index (χ1v) is 8.94. The molecule has 8 nitrogen and oxygen atoms in total. The summed E-state index contributed by atoms with van der Waals surface area (Å²) in [4.78, 5) is 18.3. The van der Waals surface area contributed by atoms with E-state index >= 15 is 0 Å². The zero-order valence-electron chi connectivity index (χ0n) is 14.8. The molecule has 2 aliphatic heterocycles. The predicted octanol–water partition coefficient (Wildman–Crippen LogP) is 1.31. The summed E-state index contributed by atoms with van der Waals surface area (Å²) in [6.45, 7) is 7.02. The molecule has 1 aromatic carbocycles. The molecule has 26 heavy (non-hydrogen) atoms. The van der Waals surface area contributed by atoms with E-state index < -0.39 is 0 Å². The van der Waals surface area contributed by atoms with Crippen molar-refractivity contribution in [2.24, 2.45) is 0 Å². The maximum absolute atomic E-state index is 9.82. The van der Waals surface area contributed by atoms with Crippen molar-refractivity contribution in [1.82, 2.24) is 15.0 Å². The zero-order valence-corrected chi connectivity index (χ0v) is 14.8. The van der Waals surface area contributed by atoms with Crippen LogP contribution in [0.5, 0.6) is 5.75 Å². The van der Waals surface area contributed by atoms with Gasteiger partial charge in [0, 0.05) is 31.7 Å². The molecule has 2 aromatic rings. The molecule has 1 unspecified atom stereocenters. The number of aromatic hydroxyl groups is 1. The van der Waals surface area contributed by atoms with Crippen molar-refractivity contribution < 1.29 is 14.6 Å². The van der Waals surface area contributed by atoms with E-state index in [9.17, 15) is 5.11 Å². The van der Waals surface area contributed by atoms with Crippen molar-refractivity contribution in [3.05, 3.63) is 24.3 Å². The SMILES string of the molecule is CC1CN(c2nc(-c3cccc(O)c3)nc(N3CCOCC3)n2)CCO1. The Hall–Kier alpha value is -2.45. The van der Waals surface area contributed by atoms with Crippen LogP contribution in [0.1, 0.15) is 6.92 Å². The number of phenolic OH excluding ortho intramolecular Hbond substituents is 1. The third kappa shape index (κ3) is 3.71. The monoisotopic (exact) mass is 357 g/mol. The molecule has 2 fully saturated rings. The van der Waals surface area contributed by atoms with E-state index in [0.29, 0.717) is 37.5 Å². The lowest BCUT2D eigenvalue weighted by molar-refractivity contribution is 0.0526. The highest BCUT2D eigenvalue weighted by atomic mass is 16.5. The van der Waals surface area contributed by atoms with E-state index in [4.69, 9.17) is 14.5 Å². The molecular formula is C18H23N5O3. The summed E-state index contributed by atoms with van der Waals surface area (Å²) in [7, 11) is 0. The second-order valence-corrected chi connectivity index (χ2v) is 6.54.